The van der Waals surface area contributed by atoms with Gasteiger partial charge in [0.15, 0.2) is 6.20 Å². The van der Waals surface area contributed by atoms with Crippen molar-refractivity contribution in [3.63, 3.8) is 0 Å². The highest BCUT2D eigenvalue weighted by atomic mass is 35.5. The molecule has 86 valence electrons. The molecule has 1 aromatic heterocycles. The summed E-state index contributed by atoms with van der Waals surface area (Å²) >= 11 is 7.25. The van der Waals surface area contributed by atoms with Gasteiger partial charge in [-0.25, -0.2) is 0 Å². The van der Waals surface area contributed by atoms with Crippen molar-refractivity contribution < 1.29 is 4.92 Å². The van der Waals surface area contributed by atoms with Crippen LogP contribution in [0.4, 0.5) is 5.82 Å². The van der Waals surface area contributed by atoms with Crippen LogP contribution in [-0.2, 0) is 0 Å². The molecule has 0 aliphatic heterocycles. The first kappa shape index (κ1) is 11.9. The number of halogens is 1. The van der Waals surface area contributed by atoms with E-state index in [1.54, 1.807) is 18.2 Å². The standard InChI is InChI=1S/C11H7ClN2O2S/c12-8-1-3-9(4-2-8)17-10-5-6-11(13-7-10)14(15)16/h1-7H. The molecular weight excluding hydrogens is 260 g/mol. The Morgan fingerprint density at radius 1 is 1.12 bits per heavy atom. The molecule has 0 radical (unpaired) electrons. The molecule has 0 amide bonds. The van der Waals surface area contributed by atoms with Crippen LogP contribution in [0.1, 0.15) is 0 Å². The van der Waals surface area contributed by atoms with E-state index in [4.69, 9.17) is 11.6 Å². The lowest BCUT2D eigenvalue weighted by Gasteiger charge is -1.99. The van der Waals surface area contributed by atoms with Crippen molar-refractivity contribution in [1.29, 1.82) is 0 Å². The van der Waals surface area contributed by atoms with Crippen molar-refractivity contribution in [2.24, 2.45) is 0 Å². The molecule has 6 heteroatoms. The Morgan fingerprint density at radius 2 is 1.76 bits per heavy atom. The van der Waals surface area contributed by atoms with Gasteiger partial charge in [0, 0.05) is 16.0 Å². The van der Waals surface area contributed by atoms with E-state index in [1.807, 2.05) is 12.1 Å². The van der Waals surface area contributed by atoms with Crippen LogP contribution in [0.15, 0.2) is 52.4 Å². The highest BCUT2D eigenvalue weighted by Gasteiger charge is 2.06. The van der Waals surface area contributed by atoms with Gasteiger partial charge in [-0.3, -0.25) is 0 Å². The van der Waals surface area contributed by atoms with Gasteiger partial charge in [0.05, 0.1) is 4.90 Å². The number of pyridine rings is 1. The fraction of sp³-hybridized carbons (Fsp3) is 0. The predicted octanol–water partition coefficient (Wildman–Crippen LogP) is 3.79. The number of rotatable bonds is 3. The average Bonchev–Trinajstić information content (AvgIpc) is 2.33. The van der Waals surface area contributed by atoms with Crippen LogP contribution in [0.3, 0.4) is 0 Å². The molecule has 1 aromatic carbocycles. The summed E-state index contributed by atoms with van der Waals surface area (Å²) in [4.78, 5) is 15.5. The van der Waals surface area contributed by atoms with E-state index < -0.39 is 4.92 Å². The molecule has 17 heavy (non-hydrogen) atoms. The molecule has 2 aromatic rings. The lowest BCUT2D eigenvalue weighted by atomic mass is 10.4. The van der Waals surface area contributed by atoms with Gasteiger partial charge in [-0.15, -0.1) is 0 Å². The second kappa shape index (κ2) is 5.16. The maximum absolute atomic E-state index is 10.4. The first-order valence-electron chi connectivity index (χ1n) is 4.69. The van der Waals surface area contributed by atoms with Crippen LogP contribution in [0.2, 0.25) is 5.02 Å². The number of nitro groups is 1. The minimum Gasteiger partial charge on any atom is -0.358 e. The number of aromatic nitrogens is 1. The summed E-state index contributed by atoms with van der Waals surface area (Å²) in [6.07, 6.45) is 1.48. The lowest BCUT2D eigenvalue weighted by molar-refractivity contribution is -0.389. The molecule has 2 rings (SSSR count). The second-order valence-corrected chi connectivity index (χ2v) is 4.75. The highest BCUT2D eigenvalue weighted by Crippen LogP contribution is 2.28. The smallest absolute Gasteiger partial charge is 0.358 e. The minimum absolute atomic E-state index is 0.148. The molecule has 1 heterocycles. The van der Waals surface area contributed by atoms with E-state index in [0.717, 1.165) is 9.79 Å². The maximum Gasteiger partial charge on any atom is 0.363 e. The van der Waals surface area contributed by atoms with Gasteiger partial charge in [-0.2, -0.15) is 0 Å². The van der Waals surface area contributed by atoms with Gasteiger partial charge in [0.25, 0.3) is 0 Å². The van der Waals surface area contributed by atoms with Gasteiger partial charge in [0.1, 0.15) is 0 Å². The van der Waals surface area contributed by atoms with Crippen LogP contribution in [0.25, 0.3) is 0 Å². The maximum atomic E-state index is 10.4. The number of nitrogens with zero attached hydrogens (tertiary/aromatic N) is 2. The molecule has 4 nitrogen and oxygen atoms in total. The number of benzene rings is 1. The van der Waals surface area contributed by atoms with Crippen LogP contribution >= 0.6 is 23.4 Å². The third-order valence-corrected chi connectivity index (χ3v) is 3.19. The lowest BCUT2D eigenvalue weighted by Crippen LogP contribution is -1.90. The van der Waals surface area contributed by atoms with E-state index in [9.17, 15) is 10.1 Å². The van der Waals surface area contributed by atoms with Crippen molar-refractivity contribution in [3.8, 4) is 0 Å². The Hall–Kier alpha value is -1.59. The third kappa shape index (κ3) is 3.18. The summed E-state index contributed by atoms with van der Waals surface area (Å²) in [7, 11) is 0. The average molecular weight is 267 g/mol. The molecule has 0 fully saturated rings. The Morgan fingerprint density at radius 3 is 2.29 bits per heavy atom. The molecular formula is C11H7ClN2O2S. The first-order valence-corrected chi connectivity index (χ1v) is 5.88. The van der Waals surface area contributed by atoms with E-state index in [0.29, 0.717) is 5.02 Å². The summed E-state index contributed by atoms with van der Waals surface area (Å²) < 4.78 is 0. The second-order valence-electron chi connectivity index (χ2n) is 3.17. The fourth-order valence-corrected chi connectivity index (χ4v) is 2.09. The normalized spacial score (nSPS) is 10.2. The third-order valence-electron chi connectivity index (χ3n) is 1.96. The minimum atomic E-state index is -0.517. The zero-order valence-electron chi connectivity index (χ0n) is 8.54. The zero-order chi connectivity index (χ0) is 12.3. The fourth-order valence-electron chi connectivity index (χ4n) is 1.18. The predicted molar refractivity (Wildman–Crippen MR) is 66.5 cm³/mol. The molecule has 0 bridgehead atoms. The summed E-state index contributed by atoms with van der Waals surface area (Å²) in [5.74, 6) is -0.148. The molecule has 0 N–H and O–H groups in total. The van der Waals surface area contributed by atoms with Gasteiger partial charge < -0.3 is 10.1 Å². The summed E-state index contributed by atoms with van der Waals surface area (Å²) in [5.41, 5.74) is 0. The largest absolute Gasteiger partial charge is 0.363 e. The van der Waals surface area contributed by atoms with Crippen LogP contribution in [0, 0.1) is 10.1 Å². The molecule has 0 saturated heterocycles. The summed E-state index contributed by atoms with van der Waals surface area (Å²) in [6.45, 7) is 0. The Balaban J connectivity index is 2.13. The Bertz CT molecular complexity index is 528. The molecule has 0 unspecified atom stereocenters. The quantitative estimate of drug-likeness (QED) is 0.626. The molecule has 0 spiro atoms. The molecule has 0 aliphatic carbocycles. The van der Waals surface area contributed by atoms with E-state index in [2.05, 4.69) is 4.98 Å². The van der Waals surface area contributed by atoms with Gasteiger partial charge in [-0.1, -0.05) is 23.4 Å². The summed E-state index contributed by atoms with van der Waals surface area (Å²) in [6, 6.07) is 10.4. The van der Waals surface area contributed by atoms with Crippen molar-refractivity contribution in [2.45, 2.75) is 9.79 Å². The summed E-state index contributed by atoms with van der Waals surface area (Å²) in [5, 5.41) is 11.1. The van der Waals surface area contributed by atoms with Crippen molar-refractivity contribution in [2.75, 3.05) is 0 Å². The van der Waals surface area contributed by atoms with E-state index >= 15 is 0 Å². The van der Waals surface area contributed by atoms with Crippen molar-refractivity contribution >= 4 is 29.2 Å². The van der Waals surface area contributed by atoms with Crippen molar-refractivity contribution in [3.05, 3.63) is 57.7 Å². The topological polar surface area (TPSA) is 56.0 Å². The first-order chi connectivity index (χ1) is 8.15. The monoisotopic (exact) mass is 266 g/mol. The van der Waals surface area contributed by atoms with Crippen LogP contribution in [0.5, 0.6) is 0 Å². The Kier molecular flexibility index (Phi) is 3.61. The van der Waals surface area contributed by atoms with E-state index in [-0.39, 0.29) is 5.82 Å². The van der Waals surface area contributed by atoms with Gasteiger partial charge in [-0.05, 0) is 40.2 Å². The molecule has 0 atom stereocenters. The molecule has 0 aliphatic rings. The van der Waals surface area contributed by atoms with Crippen LogP contribution in [-0.4, -0.2) is 9.91 Å². The van der Waals surface area contributed by atoms with Crippen molar-refractivity contribution in [1.82, 2.24) is 4.98 Å². The SMILES string of the molecule is O=[N+]([O-])c1ccc(Sc2ccc(Cl)cc2)cn1. The van der Waals surface area contributed by atoms with Gasteiger partial charge >= 0.3 is 5.82 Å². The Labute approximate surface area is 107 Å². The molecule has 0 saturated carbocycles. The van der Waals surface area contributed by atoms with Crippen LogP contribution < -0.4 is 0 Å². The number of hydrogen-bond donors (Lipinski definition) is 0. The zero-order valence-corrected chi connectivity index (χ0v) is 10.1. The number of hydrogen-bond acceptors (Lipinski definition) is 4. The highest BCUT2D eigenvalue weighted by molar-refractivity contribution is 7.99. The van der Waals surface area contributed by atoms with E-state index in [1.165, 1.54) is 24.0 Å². The van der Waals surface area contributed by atoms with Gasteiger partial charge in [0.2, 0.25) is 0 Å².